The smallest absolute Gasteiger partial charge is 0.165 e. The highest BCUT2D eigenvalue weighted by molar-refractivity contribution is 5.37. The molecule has 1 saturated carbocycles. The Balaban J connectivity index is 2.04. The minimum atomic E-state index is -0.389. The zero-order valence-corrected chi connectivity index (χ0v) is 8.49. The van der Waals surface area contributed by atoms with Gasteiger partial charge in [0, 0.05) is 6.20 Å². The van der Waals surface area contributed by atoms with Crippen LogP contribution < -0.4 is 5.32 Å². The Morgan fingerprint density at radius 2 is 2.20 bits per heavy atom. The molecule has 2 rings (SSSR count). The highest BCUT2D eigenvalue weighted by atomic mass is 19.1. The Hall–Kier alpha value is -1.16. The molecular formula is C11H15FN2O. The Kier molecular flexibility index (Phi) is 3.16. The molecule has 0 saturated heterocycles. The van der Waals surface area contributed by atoms with E-state index >= 15 is 0 Å². The van der Waals surface area contributed by atoms with Gasteiger partial charge in [-0.3, -0.25) is 0 Å². The molecule has 15 heavy (non-hydrogen) atoms. The number of rotatable bonds is 2. The molecule has 0 radical (unpaired) electrons. The maximum absolute atomic E-state index is 13.3. The lowest BCUT2D eigenvalue weighted by Gasteiger charge is -2.28. The highest BCUT2D eigenvalue weighted by Gasteiger charge is 2.23. The molecule has 2 atom stereocenters. The average Bonchev–Trinajstić information content (AvgIpc) is 2.24. The van der Waals surface area contributed by atoms with E-state index < -0.39 is 0 Å². The van der Waals surface area contributed by atoms with Gasteiger partial charge >= 0.3 is 0 Å². The minimum Gasteiger partial charge on any atom is -0.391 e. The summed E-state index contributed by atoms with van der Waals surface area (Å²) in [5, 5.41) is 12.7. The first-order chi connectivity index (χ1) is 7.27. The van der Waals surface area contributed by atoms with Crippen LogP contribution in [-0.2, 0) is 0 Å². The lowest BCUT2D eigenvalue weighted by molar-refractivity contribution is 0.116. The minimum absolute atomic E-state index is 0.0665. The van der Waals surface area contributed by atoms with E-state index in [0.29, 0.717) is 0 Å². The topological polar surface area (TPSA) is 45.1 Å². The van der Waals surface area contributed by atoms with Crippen LogP contribution in [0.1, 0.15) is 25.7 Å². The predicted octanol–water partition coefficient (Wildman–Crippen LogP) is 1.94. The Morgan fingerprint density at radius 1 is 1.40 bits per heavy atom. The van der Waals surface area contributed by atoms with Crippen LogP contribution in [0, 0.1) is 5.82 Å². The number of anilines is 1. The predicted molar refractivity (Wildman–Crippen MR) is 56.1 cm³/mol. The molecule has 0 aromatic carbocycles. The summed E-state index contributed by atoms with van der Waals surface area (Å²) >= 11 is 0. The maximum atomic E-state index is 13.3. The van der Waals surface area contributed by atoms with Crippen molar-refractivity contribution < 1.29 is 9.50 Å². The molecule has 1 aromatic heterocycles. The molecule has 4 heteroatoms. The largest absolute Gasteiger partial charge is 0.391 e. The molecule has 0 bridgehead atoms. The normalized spacial score (nSPS) is 26.3. The lowest BCUT2D eigenvalue weighted by Crippen LogP contribution is -2.36. The standard InChI is InChI=1S/C11H15FN2O/c12-8-4-3-7-13-11(8)14-9-5-1-2-6-10(9)15/h3-4,7,9-10,15H,1-2,5-6H2,(H,13,14)/t9-,10-/m1/s1. The number of aromatic nitrogens is 1. The highest BCUT2D eigenvalue weighted by Crippen LogP contribution is 2.22. The van der Waals surface area contributed by atoms with Crippen LogP contribution in [0.25, 0.3) is 0 Å². The number of nitrogens with zero attached hydrogens (tertiary/aromatic N) is 1. The fraction of sp³-hybridized carbons (Fsp3) is 0.545. The average molecular weight is 210 g/mol. The third-order valence-corrected chi connectivity index (χ3v) is 2.81. The van der Waals surface area contributed by atoms with Crippen molar-refractivity contribution in [2.24, 2.45) is 0 Å². The van der Waals surface area contributed by atoms with E-state index in [1.165, 1.54) is 6.07 Å². The van der Waals surface area contributed by atoms with Crippen LogP contribution >= 0.6 is 0 Å². The second-order valence-corrected chi connectivity index (χ2v) is 3.94. The third kappa shape index (κ3) is 2.45. The first-order valence-electron chi connectivity index (χ1n) is 5.32. The summed E-state index contributed by atoms with van der Waals surface area (Å²) in [7, 11) is 0. The van der Waals surface area contributed by atoms with Gasteiger partial charge in [-0.05, 0) is 25.0 Å². The third-order valence-electron chi connectivity index (χ3n) is 2.81. The summed E-state index contributed by atoms with van der Waals surface area (Å²) in [6.07, 6.45) is 4.93. The van der Waals surface area contributed by atoms with Crippen LogP contribution in [0.3, 0.4) is 0 Å². The second kappa shape index (κ2) is 4.57. The second-order valence-electron chi connectivity index (χ2n) is 3.94. The monoisotopic (exact) mass is 210 g/mol. The molecule has 0 spiro atoms. The number of hydrogen-bond donors (Lipinski definition) is 2. The van der Waals surface area contributed by atoms with E-state index in [2.05, 4.69) is 10.3 Å². The van der Waals surface area contributed by atoms with E-state index in [1.807, 2.05) is 0 Å². The van der Waals surface area contributed by atoms with Crippen molar-refractivity contribution >= 4 is 5.82 Å². The molecule has 1 fully saturated rings. The molecule has 82 valence electrons. The van der Waals surface area contributed by atoms with Gasteiger partial charge in [-0.1, -0.05) is 12.8 Å². The first-order valence-corrected chi connectivity index (χ1v) is 5.32. The maximum Gasteiger partial charge on any atom is 0.165 e. The molecule has 3 nitrogen and oxygen atoms in total. The van der Waals surface area contributed by atoms with E-state index in [4.69, 9.17) is 0 Å². The van der Waals surface area contributed by atoms with Gasteiger partial charge in [0.15, 0.2) is 11.6 Å². The molecule has 1 aromatic rings. The van der Waals surface area contributed by atoms with E-state index in [0.717, 1.165) is 25.7 Å². The molecule has 1 heterocycles. The van der Waals surface area contributed by atoms with Crippen molar-refractivity contribution in [2.75, 3.05) is 5.32 Å². The van der Waals surface area contributed by atoms with Crippen LogP contribution in [0.2, 0.25) is 0 Å². The molecule has 1 aliphatic carbocycles. The van der Waals surface area contributed by atoms with Gasteiger partial charge in [0.2, 0.25) is 0 Å². The number of hydrogen-bond acceptors (Lipinski definition) is 3. The van der Waals surface area contributed by atoms with Crippen LogP contribution in [0.4, 0.5) is 10.2 Å². The Labute approximate surface area is 88.3 Å². The van der Waals surface area contributed by atoms with Crippen molar-refractivity contribution in [1.29, 1.82) is 0 Å². The van der Waals surface area contributed by atoms with Crippen LogP contribution in [0.5, 0.6) is 0 Å². The summed E-state index contributed by atoms with van der Waals surface area (Å²) in [5.41, 5.74) is 0. The molecule has 0 unspecified atom stereocenters. The fourth-order valence-corrected chi connectivity index (χ4v) is 1.95. The SMILES string of the molecule is O[C@@H]1CCCC[C@H]1Nc1ncccc1F. The quantitative estimate of drug-likeness (QED) is 0.784. The summed E-state index contributed by atoms with van der Waals surface area (Å²) in [6.45, 7) is 0. The summed E-state index contributed by atoms with van der Waals surface area (Å²) in [5.74, 6) is -0.126. The summed E-state index contributed by atoms with van der Waals surface area (Å²) in [6, 6.07) is 2.85. The molecule has 0 aliphatic heterocycles. The van der Waals surface area contributed by atoms with Gasteiger partial charge < -0.3 is 10.4 Å². The molecular weight excluding hydrogens is 195 g/mol. The molecule has 2 N–H and O–H groups in total. The van der Waals surface area contributed by atoms with Gasteiger partial charge in [-0.2, -0.15) is 0 Å². The number of nitrogens with one attached hydrogen (secondary N) is 1. The summed E-state index contributed by atoms with van der Waals surface area (Å²) < 4.78 is 13.3. The fourth-order valence-electron chi connectivity index (χ4n) is 1.95. The van der Waals surface area contributed by atoms with Crippen molar-refractivity contribution in [3.05, 3.63) is 24.1 Å². The number of aliphatic hydroxyl groups excluding tert-OH is 1. The van der Waals surface area contributed by atoms with Crippen molar-refractivity contribution in [1.82, 2.24) is 4.98 Å². The number of aliphatic hydroxyl groups is 1. The Morgan fingerprint density at radius 3 is 2.93 bits per heavy atom. The van der Waals surface area contributed by atoms with Gasteiger partial charge in [0.25, 0.3) is 0 Å². The number of pyridine rings is 1. The van der Waals surface area contributed by atoms with Gasteiger partial charge in [-0.15, -0.1) is 0 Å². The van der Waals surface area contributed by atoms with Crippen LogP contribution in [0.15, 0.2) is 18.3 Å². The van der Waals surface area contributed by atoms with Crippen molar-refractivity contribution in [2.45, 2.75) is 37.8 Å². The summed E-state index contributed by atoms with van der Waals surface area (Å²) in [4.78, 5) is 3.91. The molecule has 0 amide bonds. The van der Waals surface area contributed by atoms with E-state index in [-0.39, 0.29) is 23.8 Å². The number of halogens is 1. The first kappa shape index (κ1) is 10.4. The zero-order valence-electron chi connectivity index (χ0n) is 8.49. The Bertz CT molecular complexity index is 332. The lowest BCUT2D eigenvalue weighted by atomic mass is 9.92. The van der Waals surface area contributed by atoms with E-state index in [9.17, 15) is 9.50 Å². The van der Waals surface area contributed by atoms with Gasteiger partial charge in [0.1, 0.15) is 0 Å². The molecule has 1 aliphatic rings. The van der Waals surface area contributed by atoms with E-state index in [1.54, 1.807) is 12.3 Å². The van der Waals surface area contributed by atoms with Gasteiger partial charge in [-0.25, -0.2) is 9.37 Å². The van der Waals surface area contributed by atoms with Gasteiger partial charge in [0.05, 0.1) is 12.1 Å². The zero-order chi connectivity index (χ0) is 10.7. The van der Waals surface area contributed by atoms with Crippen LogP contribution in [-0.4, -0.2) is 22.2 Å². The van der Waals surface area contributed by atoms with Crippen molar-refractivity contribution in [3.63, 3.8) is 0 Å². The van der Waals surface area contributed by atoms with Crippen molar-refractivity contribution in [3.8, 4) is 0 Å².